The Morgan fingerprint density at radius 2 is 1.69 bits per heavy atom. The third-order valence-corrected chi connectivity index (χ3v) is 5.48. The molecule has 0 fully saturated rings. The Labute approximate surface area is 206 Å². The van der Waals surface area contributed by atoms with Gasteiger partial charge in [0, 0.05) is 49.7 Å². The van der Waals surface area contributed by atoms with Gasteiger partial charge in [0.1, 0.15) is 11.6 Å². The van der Waals surface area contributed by atoms with Gasteiger partial charge in [-0.05, 0) is 72.1 Å². The van der Waals surface area contributed by atoms with Crippen molar-refractivity contribution in [3.63, 3.8) is 0 Å². The van der Waals surface area contributed by atoms with Crippen LogP contribution in [0, 0.1) is 11.7 Å². The van der Waals surface area contributed by atoms with Gasteiger partial charge >= 0.3 is 0 Å². The number of rotatable bonds is 9. The number of nitrogens with one attached hydrogen (secondary N) is 1. The number of hydrogen-bond acceptors (Lipinski definition) is 4. The maximum absolute atomic E-state index is 13.5. The number of halogens is 1. The van der Waals surface area contributed by atoms with E-state index in [0.29, 0.717) is 30.1 Å². The first kappa shape index (κ1) is 25.7. The molecule has 0 atom stereocenters. The molecule has 6 nitrogen and oxygen atoms in total. The normalized spacial score (nSPS) is 10.7. The number of nitrogens with zero attached hydrogens (tertiary/aromatic N) is 2. The molecule has 35 heavy (non-hydrogen) atoms. The smallest absolute Gasteiger partial charge is 0.255 e. The van der Waals surface area contributed by atoms with Gasteiger partial charge in [-0.25, -0.2) is 4.39 Å². The van der Waals surface area contributed by atoms with Crippen LogP contribution in [-0.2, 0) is 6.54 Å². The van der Waals surface area contributed by atoms with Gasteiger partial charge in [0.25, 0.3) is 11.8 Å². The maximum atomic E-state index is 13.5. The number of amides is 2. The van der Waals surface area contributed by atoms with Gasteiger partial charge in [0.15, 0.2) is 0 Å². The molecule has 1 N–H and O–H groups in total. The topological polar surface area (TPSA) is 61.9 Å². The van der Waals surface area contributed by atoms with Gasteiger partial charge in [-0.3, -0.25) is 9.59 Å². The molecule has 0 bridgehead atoms. The van der Waals surface area contributed by atoms with Crippen LogP contribution in [0.3, 0.4) is 0 Å². The van der Waals surface area contributed by atoms with E-state index in [2.05, 4.69) is 19.2 Å². The zero-order valence-corrected chi connectivity index (χ0v) is 20.8. The summed E-state index contributed by atoms with van der Waals surface area (Å²) in [5.41, 5.74) is 3.20. The SMILES string of the molecule is COc1ccc(C(=O)N(Cc2cc(NC(=O)c3cccc(F)c3)ccc2N(C)C)CC(C)C)cc1. The number of benzene rings is 3. The van der Waals surface area contributed by atoms with Crippen LogP contribution in [0.15, 0.2) is 66.7 Å². The summed E-state index contributed by atoms with van der Waals surface area (Å²) in [7, 11) is 5.45. The van der Waals surface area contributed by atoms with Crippen molar-refractivity contribution in [2.24, 2.45) is 5.92 Å². The predicted molar refractivity (Wildman–Crippen MR) is 138 cm³/mol. The first-order chi connectivity index (χ1) is 16.7. The van der Waals surface area contributed by atoms with Gasteiger partial charge in [-0.1, -0.05) is 19.9 Å². The maximum Gasteiger partial charge on any atom is 0.255 e. The fourth-order valence-electron chi connectivity index (χ4n) is 3.84. The van der Waals surface area contributed by atoms with Crippen molar-refractivity contribution in [3.05, 3.63) is 89.2 Å². The fourth-order valence-corrected chi connectivity index (χ4v) is 3.84. The molecule has 3 aromatic carbocycles. The van der Waals surface area contributed by atoms with Gasteiger partial charge in [-0.15, -0.1) is 0 Å². The first-order valence-corrected chi connectivity index (χ1v) is 11.5. The quantitative estimate of drug-likeness (QED) is 0.445. The van der Waals surface area contributed by atoms with Gasteiger partial charge < -0.3 is 19.9 Å². The summed E-state index contributed by atoms with van der Waals surface area (Å²) >= 11 is 0. The van der Waals surface area contributed by atoms with E-state index in [-0.39, 0.29) is 17.4 Å². The van der Waals surface area contributed by atoms with Crippen molar-refractivity contribution >= 4 is 23.2 Å². The number of ether oxygens (including phenoxy) is 1. The Balaban J connectivity index is 1.90. The van der Waals surface area contributed by atoms with Crippen molar-refractivity contribution in [3.8, 4) is 5.75 Å². The van der Waals surface area contributed by atoms with Gasteiger partial charge in [0.2, 0.25) is 0 Å². The number of methoxy groups -OCH3 is 1. The molecule has 0 saturated carbocycles. The Morgan fingerprint density at radius 1 is 0.971 bits per heavy atom. The highest BCUT2D eigenvalue weighted by atomic mass is 19.1. The highest BCUT2D eigenvalue weighted by Crippen LogP contribution is 2.26. The van der Waals surface area contributed by atoms with Crippen LogP contribution in [0.25, 0.3) is 0 Å². The van der Waals surface area contributed by atoms with E-state index in [4.69, 9.17) is 4.74 Å². The molecule has 0 heterocycles. The lowest BCUT2D eigenvalue weighted by Gasteiger charge is -2.28. The molecule has 184 valence electrons. The Hall–Kier alpha value is -3.87. The minimum Gasteiger partial charge on any atom is -0.497 e. The molecule has 3 rings (SSSR count). The van der Waals surface area contributed by atoms with E-state index in [9.17, 15) is 14.0 Å². The predicted octanol–water partition coefficient (Wildman–Crippen LogP) is 5.45. The minimum atomic E-state index is -0.470. The van der Waals surface area contributed by atoms with E-state index in [0.717, 1.165) is 11.3 Å². The van der Waals surface area contributed by atoms with E-state index in [1.807, 2.05) is 36.0 Å². The van der Waals surface area contributed by atoms with E-state index in [1.165, 1.54) is 18.2 Å². The van der Waals surface area contributed by atoms with Crippen molar-refractivity contribution in [1.82, 2.24) is 4.90 Å². The molecule has 0 aliphatic rings. The van der Waals surface area contributed by atoms with Crippen LogP contribution in [0.5, 0.6) is 5.75 Å². The van der Waals surface area contributed by atoms with Crippen molar-refractivity contribution < 1.29 is 18.7 Å². The summed E-state index contributed by atoms with van der Waals surface area (Å²) in [6, 6.07) is 18.2. The average molecular weight is 478 g/mol. The molecular formula is C28H32FN3O3. The number of carbonyl (C=O) groups excluding carboxylic acids is 2. The Bertz CT molecular complexity index is 1180. The highest BCUT2D eigenvalue weighted by molar-refractivity contribution is 6.04. The van der Waals surface area contributed by atoms with Crippen molar-refractivity contribution in [2.75, 3.05) is 38.0 Å². The molecular weight excluding hydrogens is 445 g/mol. The summed E-state index contributed by atoms with van der Waals surface area (Å²) in [4.78, 5) is 29.8. The van der Waals surface area contributed by atoms with Crippen LogP contribution < -0.4 is 15.0 Å². The number of hydrogen-bond donors (Lipinski definition) is 1. The molecule has 0 aliphatic heterocycles. The van der Waals surface area contributed by atoms with E-state index < -0.39 is 11.7 Å². The molecule has 0 aliphatic carbocycles. The highest BCUT2D eigenvalue weighted by Gasteiger charge is 2.20. The van der Waals surface area contributed by atoms with Crippen LogP contribution in [0.2, 0.25) is 0 Å². The second-order valence-electron chi connectivity index (χ2n) is 9.01. The lowest BCUT2D eigenvalue weighted by atomic mass is 10.1. The lowest BCUT2D eigenvalue weighted by molar-refractivity contribution is 0.0722. The molecule has 3 aromatic rings. The molecule has 0 radical (unpaired) electrons. The first-order valence-electron chi connectivity index (χ1n) is 11.5. The third kappa shape index (κ3) is 6.82. The largest absolute Gasteiger partial charge is 0.497 e. The minimum absolute atomic E-state index is 0.0831. The molecule has 0 aromatic heterocycles. The molecule has 0 spiro atoms. The van der Waals surface area contributed by atoms with Crippen molar-refractivity contribution in [1.29, 1.82) is 0 Å². The number of carbonyl (C=O) groups is 2. The van der Waals surface area contributed by atoms with Gasteiger partial charge in [-0.2, -0.15) is 0 Å². The van der Waals surface area contributed by atoms with E-state index >= 15 is 0 Å². The Morgan fingerprint density at radius 3 is 2.29 bits per heavy atom. The summed E-state index contributed by atoms with van der Waals surface area (Å²) in [6.07, 6.45) is 0. The van der Waals surface area contributed by atoms with Crippen LogP contribution in [0.1, 0.15) is 40.1 Å². The van der Waals surface area contributed by atoms with Gasteiger partial charge in [0.05, 0.1) is 7.11 Å². The second kappa shape index (κ2) is 11.5. The summed E-state index contributed by atoms with van der Waals surface area (Å²) in [5, 5.41) is 2.84. The zero-order valence-electron chi connectivity index (χ0n) is 20.8. The molecule has 7 heteroatoms. The Kier molecular flexibility index (Phi) is 8.47. The molecule has 0 saturated heterocycles. The van der Waals surface area contributed by atoms with Crippen molar-refractivity contribution in [2.45, 2.75) is 20.4 Å². The lowest BCUT2D eigenvalue weighted by Crippen LogP contribution is -2.34. The zero-order chi connectivity index (χ0) is 25.5. The van der Waals surface area contributed by atoms with Crippen LogP contribution >= 0.6 is 0 Å². The van der Waals surface area contributed by atoms with E-state index in [1.54, 1.807) is 43.5 Å². The molecule has 0 unspecified atom stereocenters. The van der Waals surface area contributed by atoms with Crippen LogP contribution in [0.4, 0.5) is 15.8 Å². The second-order valence-corrected chi connectivity index (χ2v) is 9.01. The molecule has 2 amide bonds. The summed E-state index contributed by atoms with van der Waals surface area (Å²) < 4.78 is 18.8. The fraction of sp³-hybridized carbons (Fsp3) is 0.286. The standard InChI is InChI=1S/C28H32FN3O3/c1-19(2)17-32(28(34)20-9-12-25(35-5)13-10-20)18-22-16-24(11-14-26(22)31(3)4)30-27(33)21-7-6-8-23(29)15-21/h6-16,19H,17-18H2,1-5H3,(H,30,33). The third-order valence-electron chi connectivity index (χ3n) is 5.48. The average Bonchev–Trinajstić information content (AvgIpc) is 2.83. The summed E-state index contributed by atoms with van der Waals surface area (Å²) in [5.74, 6) is -0.00576. The number of anilines is 2. The van der Waals surface area contributed by atoms with Crippen LogP contribution in [-0.4, -0.2) is 44.5 Å². The monoisotopic (exact) mass is 477 g/mol. The summed E-state index contributed by atoms with van der Waals surface area (Å²) in [6.45, 7) is 5.06.